The second-order valence-corrected chi connectivity index (χ2v) is 11.0. The lowest BCUT2D eigenvalue weighted by Crippen LogP contribution is -2.58. The van der Waals surface area contributed by atoms with Gasteiger partial charge in [0.1, 0.15) is 0 Å². The van der Waals surface area contributed by atoms with E-state index in [-0.39, 0.29) is 36.7 Å². The first-order valence-corrected chi connectivity index (χ1v) is 13.4. The molecular formula is C27H37N5O5. The Morgan fingerprint density at radius 2 is 1.84 bits per heavy atom. The van der Waals surface area contributed by atoms with Crippen molar-refractivity contribution in [2.75, 3.05) is 39.4 Å². The zero-order chi connectivity index (χ0) is 26.1. The van der Waals surface area contributed by atoms with E-state index in [1.165, 1.54) is 4.90 Å². The molecule has 1 saturated carbocycles. The van der Waals surface area contributed by atoms with Gasteiger partial charge >= 0.3 is 6.09 Å². The lowest BCUT2D eigenvalue weighted by atomic mass is 9.90. The summed E-state index contributed by atoms with van der Waals surface area (Å²) in [7, 11) is 0. The molecule has 3 heterocycles. The van der Waals surface area contributed by atoms with Crippen molar-refractivity contribution in [3.8, 4) is 0 Å². The van der Waals surface area contributed by atoms with Gasteiger partial charge in [-0.1, -0.05) is 26.0 Å². The maximum absolute atomic E-state index is 14.0. The van der Waals surface area contributed by atoms with Crippen LogP contribution < -0.4 is 5.32 Å². The number of rotatable bonds is 8. The Morgan fingerprint density at radius 1 is 1.11 bits per heavy atom. The van der Waals surface area contributed by atoms with Crippen molar-refractivity contribution < 1.29 is 24.2 Å². The number of carbonyl (C=O) groups is 3. The number of piperidine rings is 1. The van der Waals surface area contributed by atoms with Gasteiger partial charge in [-0.05, 0) is 43.2 Å². The number of imidazole rings is 1. The van der Waals surface area contributed by atoms with Crippen LogP contribution in [0.3, 0.4) is 0 Å². The zero-order valence-electron chi connectivity index (χ0n) is 21.6. The van der Waals surface area contributed by atoms with E-state index in [0.29, 0.717) is 44.5 Å². The second kappa shape index (κ2) is 10.8. The molecule has 2 aliphatic heterocycles. The van der Waals surface area contributed by atoms with Gasteiger partial charge in [-0.25, -0.2) is 9.78 Å². The Balaban J connectivity index is 1.37. The molecule has 200 valence electrons. The van der Waals surface area contributed by atoms with E-state index in [1.54, 1.807) is 4.90 Å². The summed E-state index contributed by atoms with van der Waals surface area (Å²) >= 11 is 0. The van der Waals surface area contributed by atoms with Gasteiger partial charge in [0.2, 0.25) is 11.7 Å². The fourth-order valence-corrected chi connectivity index (χ4v) is 5.57. The summed E-state index contributed by atoms with van der Waals surface area (Å²) in [5.41, 5.74) is 1.77. The minimum atomic E-state index is -1.05. The van der Waals surface area contributed by atoms with Crippen molar-refractivity contribution in [2.45, 2.75) is 51.7 Å². The van der Waals surface area contributed by atoms with Crippen LogP contribution >= 0.6 is 0 Å². The number of para-hydroxylation sites is 2. The Bertz CT molecular complexity index is 1150. The number of nitrogens with one attached hydrogen (secondary N) is 1. The summed E-state index contributed by atoms with van der Waals surface area (Å²) in [4.78, 5) is 46.9. The Kier molecular flexibility index (Phi) is 7.48. The van der Waals surface area contributed by atoms with Gasteiger partial charge in [-0.3, -0.25) is 9.59 Å². The number of fused-ring (bicyclic) bond motifs is 1. The molecule has 3 atom stereocenters. The van der Waals surface area contributed by atoms with E-state index in [0.717, 1.165) is 30.4 Å². The van der Waals surface area contributed by atoms with Gasteiger partial charge in [-0.15, -0.1) is 0 Å². The number of ether oxygens (including phenoxy) is 1. The molecule has 0 bridgehead atoms. The first-order valence-electron chi connectivity index (χ1n) is 13.4. The number of hydrogen-bond donors (Lipinski definition) is 2. The lowest BCUT2D eigenvalue weighted by Gasteiger charge is -2.40. The normalized spacial score (nSPS) is 23.4. The molecule has 0 spiro atoms. The molecule has 10 heteroatoms. The van der Waals surface area contributed by atoms with E-state index in [4.69, 9.17) is 9.72 Å². The third kappa shape index (κ3) is 5.65. The van der Waals surface area contributed by atoms with E-state index >= 15 is 0 Å². The molecule has 10 nitrogen and oxygen atoms in total. The fraction of sp³-hybridized carbons (Fsp3) is 0.630. The van der Waals surface area contributed by atoms with Gasteiger partial charge in [0.05, 0.1) is 36.2 Å². The van der Waals surface area contributed by atoms with E-state index < -0.39 is 18.1 Å². The van der Waals surface area contributed by atoms with Crippen LogP contribution in [0.25, 0.3) is 11.0 Å². The Morgan fingerprint density at radius 3 is 2.51 bits per heavy atom. The number of carbonyl (C=O) groups excluding carboxylic acids is 2. The largest absolute Gasteiger partial charge is 0.465 e. The first kappa shape index (κ1) is 25.7. The van der Waals surface area contributed by atoms with Gasteiger partial charge in [0.15, 0.2) is 5.82 Å². The molecule has 3 fully saturated rings. The van der Waals surface area contributed by atoms with Crippen LogP contribution in [0.2, 0.25) is 0 Å². The van der Waals surface area contributed by atoms with Crippen LogP contribution in [0.15, 0.2) is 24.3 Å². The number of hydrogen-bond acceptors (Lipinski definition) is 6. The number of Topliss-reactive ketones (excluding diaryl/α,β-unsaturated/α-hetero) is 1. The van der Waals surface area contributed by atoms with Crippen molar-refractivity contribution in [3.05, 3.63) is 30.1 Å². The third-order valence-electron chi connectivity index (χ3n) is 7.77. The predicted octanol–water partition coefficient (Wildman–Crippen LogP) is 2.47. The maximum Gasteiger partial charge on any atom is 0.407 e. The van der Waals surface area contributed by atoms with Crippen LogP contribution in [0.1, 0.15) is 43.7 Å². The minimum Gasteiger partial charge on any atom is -0.465 e. The number of morpholine rings is 1. The number of ketones is 1. The molecule has 1 aromatic carbocycles. The highest BCUT2D eigenvalue weighted by atomic mass is 16.5. The summed E-state index contributed by atoms with van der Waals surface area (Å²) in [5.74, 6) is 0.392. The average Bonchev–Trinajstić information content (AvgIpc) is 3.65. The number of benzene rings is 1. The molecule has 1 unspecified atom stereocenters. The molecule has 1 aliphatic carbocycles. The number of carboxylic acid groups (broad SMARTS) is 1. The molecule has 3 aliphatic rings. The fourth-order valence-electron chi connectivity index (χ4n) is 5.57. The molecule has 2 N–H and O–H groups in total. The number of likely N-dealkylation sites (tertiary alicyclic amines) is 1. The van der Waals surface area contributed by atoms with Crippen LogP contribution in [-0.2, 0) is 16.1 Å². The standard InChI is InChI=1S/C27H37N5O5/c1-17(2)23(24(33)25-29-21-5-3-4-6-22(21)32(25)14-18-7-8-18)28-20-13-19(15-31(16-20)27(35)36)26(34)30-9-11-37-12-10-30/h3-6,17-20,23,28H,7-16H2,1-2H3,(H,35,36)/t19-,20+,23?/m1/s1. The molecule has 0 radical (unpaired) electrons. The highest BCUT2D eigenvalue weighted by Crippen LogP contribution is 2.33. The summed E-state index contributed by atoms with van der Waals surface area (Å²) in [6.45, 7) is 7.17. The molecule has 2 aromatic rings. The first-order chi connectivity index (χ1) is 17.8. The lowest BCUT2D eigenvalue weighted by molar-refractivity contribution is -0.141. The minimum absolute atomic E-state index is 0.0419. The Hall–Kier alpha value is -2.98. The van der Waals surface area contributed by atoms with E-state index in [1.807, 2.05) is 38.1 Å². The van der Waals surface area contributed by atoms with Crippen molar-refractivity contribution >= 4 is 28.8 Å². The highest BCUT2D eigenvalue weighted by Gasteiger charge is 2.39. The van der Waals surface area contributed by atoms with Gasteiger partial charge in [0.25, 0.3) is 0 Å². The molecule has 2 amide bonds. The smallest absolute Gasteiger partial charge is 0.407 e. The van der Waals surface area contributed by atoms with Crippen molar-refractivity contribution in [2.24, 2.45) is 17.8 Å². The topological polar surface area (TPSA) is 117 Å². The van der Waals surface area contributed by atoms with Gasteiger partial charge in [0, 0.05) is 38.8 Å². The summed E-state index contributed by atoms with van der Waals surface area (Å²) < 4.78 is 7.43. The van der Waals surface area contributed by atoms with Gasteiger partial charge in [-0.2, -0.15) is 0 Å². The Labute approximate surface area is 216 Å². The summed E-state index contributed by atoms with van der Waals surface area (Å²) in [6.07, 6.45) is 1.76. The van der Waals surface area contributed by atoms with Crippen molar-refractivity contribution in [1.29, 1.82) is 0 Å². The molecule has 5 rings (SSSR count). The SMILES string of the molecule is CC(C)C(N[C@H]1C[C@@H](C(=O)N2CCOCC2)CN(C(=O)O)C1)C(=O)c1nc2ccccc2n1CC1CC1. The van der Waals surface area contributed by atoms with Crippen LogP contribution in [0, 0.1) is 17.8 Å². The molecular weight excluding hydrogens is 474 g/mol. The predicted molar refractivity (Wildman–Crippen MR) is 137 cm³/mol. The highest BCUT2D eigenvalue weighted by molar-refractivity contribution is 6.00. The molecule has 37 heavy (non-hydrogen) atoms. The molecule has 1 aromatic heterocycles. The zero-order valence-corrected chi connectivity index (χ0v) is 21.6. The van der Waals surface area contributed by atoms with E-state index in [9.17, 15) is 19.5 Å². The van der Waals surface area contributed by atoms with Crippen molar-refractivity contribution in [3.63, 3.8) is 0 Å². The average molecular weight is 512 g/mol. The third-order valence-corrected chi connectivity index (χ3v) is 7.77. The number of aromatic nitrogens is 2. The van der Waals surface area contributed by atoms with Gasteiger partial charge < -0.3 is 29.5 Å². The second-order valence-electron chi connectivity index (χ2n) is 11.0. The van der Waals surface area contributed by atoms with Crippen molar-refractivity contribution in [1.82, 2.24) is 24.7 Å². The van der Waals surface area contributed by atoms with Crippen LogP contribution in [0.5, 0.6) is 0 Å². The van der Waals surface area contributed by atoms with Crippen LogP contribution in [-0.4, -0.2) is 93.7 Å². The maximum atomic E-state index is 14.0. The van der Waals surface area contributed by atoms with Crippen LogP contribution in [0.4, 0.5) is 4.79 Å². The molecule has 2 saturated heterocycles. The monoisotopic (exact) mass is 511 g/mol. The number of amides is 2. The van der Waals surface area contributed by atoms with E-state index in [2.05, 4.69) is 9.88 Å². The quantitative estimate of drug-likeness (QED) is 0.523. The number of nitrogens with zero attached hydrogens (tertiary/aromatic N) is 4. The summed E-state index contributed by atoms with van der Waals surface area (Å²) in [5, 5.41) is 13.2. The summed E-state index contributed by atoms with van der Waals surface area (Å²) in [6, 6.07) is 6.96.